The molecular formula is C19H20ClNO3S. The first kappa shape index (κ1) is 19.3. The zero-order valence-corrected chi connectivity index (χ0v) is 15.7. The molecule has 1 amide bonds. The molecule has 0 aliphatic rings. The molecule has 1 N–H and O–H groups in total. The number of hydrogen-bond acceptors (Lipinski definition) is 4. The van der Waals surface area contributed by atoms with Crippen molar-refractivity contribution in [2.75, 3.05) is 6.54 Å². The van der Waals surface area contributed by atoms with E-state index in [1.807, 2.05) is 43.3 Å². The number of likely N-dealkylation sites (N-methyl/N-ethyl adjacent to an activating group) is 1. The van der Waals surface area contributed by atoms with Crippen LogP contribution in [0.5, 0.6) is 0 Å². The van der Waals surface area contributed by atoms with Crippen molar-refractivity contribution in [3.8, 4) is 0 Å². The van der Waals surface area contributed by atoms with E-state index in [4.69, 9.17) is 16.3 Å². The Labute approximate surface area is 156 Å². The number of halogens is 1. The van der Waals surface area contributed by atoms with Crippen molar-refractivity contribution in [2.24, 2.45) is 0 Å². The standard InChI is InChI=1S/C19H20ClNO3S/c1-3-21-18(22)13(2)24-19(23)15-6-4-14(5-7-15)12-25-17-10-8-16(20)9-11-17/h4-11,13H,3,12H2,1-2H3,(H,21,22)/t13-/m1/s1. The number of carbonyl (C=O) groups is 2. The van der Waals surface area contributed by atoms with E-state index < -0.39 is 12.1 Å². The third-order valence-electron chi connectivity index (χ3n) is 3.41. The average molecular weight is 378 g/mol. The molecule has 2 rings (SSSR count). The molecule has 0 fully saturated rings. The highest BCUT2D eigenvalue weighted by molar-refractivity contribution is 7.98. The van der Waals surface area contributed by atoms with E-state index >= 15 is 0 Å². The Morgan fingerprint density at radius 2 is 1.76 bits per heavy atom. The van der Waals surface area contributed by atoms with Crippen LogP contribution in [0.3, 0.4) is 0 Å². The highest BCUT2D eigenvalue weighted by Crippen LogP contribution is 2.24. The molecule has 0 aliphatic heterocycles. The van der Waals surface area contributed by atoms with E-state index in [0.29, 0.717) is 17.1 Å². The Kier molecular flexibility index (Phi) is 7.34. The van der Waals surface area contributed by atoms with Gasteiger partial charge >= 0.3 is 5.97 Å². The van der Waals surface area contributed by atoms with E-state index in [1.54, 1.807) is 30.8 Å². The number of thioether (sulfide) groups is 1. The van der Waals surface area contributed by atoms with Gasteiger partial charge in [0.05, 0.1) is 5.56 Å². The number of benzene rings is 2. The van der Waals surface area contributed by atoms with Crippen molar-refractivity contribution in [1.82, 2.24) is 5.32 Å². The van der Waals surface area contributed by atoms with E-state index in [-0.39, 0.29) is 5.91 Å². The Balaban J connectivity index is 1.89. The molecule has 4 nitrogen and oxygen atoms in total. The number of ether oxygens (including phenoxy) is 1. The maximum absolute atomic E-state index is 12.1. The van der Waals surface area contributed by atoms with Crippen LogP contribution in [0, 0.1) is 0 Å². The minimum absolute atomic E-state index is 0.299. The zero-order valence-electron chi connectivity index (χ0n) is 14.1. The molecule has 0 spiro atoms. The van der Waals surface area contributed by atoms with Crippen LogP contribution in [0.4, 0.5) is 0 Å². The molecular weight excluding hydrogens is 358 g/mol. The summed E-state index contributed by atoms with van der Waals surface area (Å²) in [5.74, 6) is -0.0193. The first-order valence-corrected chi connectivity index (χ1v) is 9.32. The lowest BCUT2D eigenvalue weighted by Gasteiger charge is -2.12. The number of esters is 1. The predicted octanol–water partition coefficient (Wildman–Crippen LogP) is 4.31. The molecule has 0 heterocycles. The summed E-state index contributed by atoms with van der Waals surface area (Å²) < 4.78 is 5.16. The van der Waals surface area contributed by atoms with Crippen LogP contribution in [0.15, 0.2) is 53.4 Å². The highest BCUT2D eigenvalue weighted by atomic mass is 35.5. The molecule has 6 heteroatoms. The Hall–Kier alpha value is -1.98. The summed E-state index contributed by atoms with van der Waals surface area (Å²) in [6.45, 7) is 3.87. The molecule has 0 bridgehead atoms. The summed E-state index contributed by atoms with van der Waals surface area (Å²) in [6, 6.07) is 14.9. The monoisotopic (exact) mass is 377 g/mol. The van der Waals surface area contributed by atoms with E-state index in [2.05, 4.69) is 5.32 Å². The smallest absolute Gasteiger partial charge is 0.338 e. The van der Waals surface area contributed by atoms with Gasteiger partial charge in [-0.25, -0.2) is 4.79 Å². The van der Waals surface area contributed by atoms with Crippen molar-refractivity contribution in [1.29, 1.82) is 0 Å². The van der Waals surface area contributed by atoms with Crippen molar-refractivity contribution in [2.45, 2.75) is 30.6 Å². The van der Waals surface area contributed by atoms with Gasteiger partial charge in [-0.05, 0) is 55.8 Å². The van der Waals surface area contributed by atoms with Gasteiger partial charge in [0.15, 0.2) is 6.10 Å². The zero-order chi connectivity index (χ0) is 18.2. The van der Waals surface area contributed by atoms with Crippen molar-refractivity contribution < 1.29 is 14.3 Å². The van der Waals surface area contributed by atoms with Crippen LogP contribution in [-0.4, -0.2) is 24.5 Å². The van der Waals surface area contributed by atoms with Gasteiger partial charge in [-0.1, -0.05) is 23.7 Å². The summed E-state index contributed by atoms with van der Waals surface area (Å²) in [7, 11) is 0. The molecule has 1 atom stereocenters. The topological polar surface area (TPSA) is 55.4 Å². The van der Waals surface area contributed by atoms with Gasteiger partial charge in [0.25, 0.3) is 5.91 Å². The minimum Gasteiger partial charge on any atom is -0.449 e. The summed E-state index contributed by atoms with van der Waals surface area (Å²) in [5.41, 5.74) is 1.52. The summed E-state index contributed by atoms with van der Waals surface area (Å²) in [5, 5.41) is 3.34. The fourth-order valence-electron chi connectivity index (χ4n) is 2.03. The third-order valence-corrected chi connectivity index (χ3v) is 4.75. The van der Waals surface area contributed by atoms with Gasteiger partial charge in [0.1, 0.15) is 0 Å². The molecule has 0 radical (unpaired) electrons. The number of rotatable bonds is 7. The molecule has 2 aromatic carbocycles. The number of amides is 1. The van der Waals surface area contributed by atoms with Crippen molar-refractivity contribution in [3.05, 3.63) is 64.7 Å². The first-order chi connectivity index (χ1) is 12.0. The Bertz CT molecular complexity index is 716. The highest BCUT2D eigenvalue weighted by Gasteiger charge is 2.18. The fraction of sp³-hybridized carbons (Fsp3) is 0.263. The van der Waals surface area contributed by atoms with Crippen LogP contribution < -0.4 is 5.32 Å². The van der Waals surface area contributed by atoms with Gasteiger partial charge in [0, 0.05) is 22.2 Å². The number of carbonyl (C=O) groups excluding carboxylic acids is 2. The van der Waals surface area contributed by atoms with Crippen LogP contribution in [-0.2, 0) is 15.3 Å². The van der Waals surface area contributed by atoms with Gasteiger partial charge in [-0.15, -0.1) is 11.8 Å². The second-order valence-electron chi connectivity index (χ2n) is 5.38. The third kappa shape index (κ3) is 6.11. The normalized spacial score (nSPS) is 11.6. The molecule has 132 valence electrons. The second-order valence-corrected chi connectivity index (χ2v) is 6.87. The molecule has 0 saturated heterocycles. The molecule has 0 aromatic heterocycles. The fourth-order valence-corrected chi connectivity index (χ4v) is 3.01. The van der Waals surface area contributed by atoms with E-state index in [0.717, 1.165) is 16.2 Å². The SMILES string of the molecule is CCNC(=O)[C@@H](C)OC(=O)c1ccc(CSc2ccc(Cl)cc2)cc1. The quantitative estimate of drug-likeness (QED) is 0.577. The lowest BCUT2D eigenvalue weighted by molar-refractivity contribution is -0.128. The first-order valence-electron chi connectivity index (χ1n) is 7.95. The van der Waals surface area contributed by atoms with Crippen LogP contribution in [0.25, 0.3) is 0 Å². The van der Waals surface area contributed by atoms with Gasteiger partial charge in [0.2, 0.25) is 0 Å². The number of hydrogen-bond donors (Lipinski definition) is 1. The second kappa shape index (κ2) is 9.49. The molecule has 0 unspecified atom stereocenters. The summed E-state index contributed by atoms with van der Waals surface area (Å²) >= 11 is 7.56. The van der Waals surface area contributed by atoms with E-state index in [9.17, 15) is 9.59 Å². The van der Waals surface area contributed by atoms with Crippen LogP contribution >= 0.6 is 23.4 Å². The maximum atomic E-state index is 12.1. The van der Waals surface area contributed by atoms with Crippen LogP contribution in [0.2, 0.25) is 5.02 Å². The average Bonchev–Trinajstić information content (AvgIpc) is 2.61. The van der Waals surface area contributed by atoms with Gasteiger partial charge in [-0.2, -0.15) is 0 Å². The minimum atomic E-state index is -0.812. The van der Waals surface area contributed by atoms with Gasteiger partial charge in [-0.3, -0.25) is 4.79 Å². The lowest BCUT2D eigenvalue weighted by Crippen LogP contribution is -2.35. The number of nitrogens with one attached hydrogen (secondary N) is 1. The molecule has 0 aliphatic carbocycles. The molecule has 2 aromatic rings. The van der Waals surface area contributed by atoms with Crippen LogP contribution in [0.1, 0.15) is 29.8 Å². The largest absolute Gasteiger partial charge is 0.449 e. The Morgan fingerprint density at radius 1 is 1.12 bits per heavy atom. The van der Waals surface area contributed by atoms with Gasteiger partial charge < -0.3 is 10.1 Å². The van der Waals surface area contributed by atoms with Crippen molar-refractivity contribution in [3.63, 3.8) is 0 Å². The molecule has 0 saturated carbocycles. The summed E-state index contributed by atoms with van der Waals surface area (Å²) in [6.07, 6.45) is -0.812. The predicted molar refractivity (Wildman–Crippen MR) is 101 cm³/mol. The molecule has 25 heavy (non-hydrogen) atoms. The van der Waals surface area contributed by atoms with Crippen molar-refractivity contribution >= 4 is 35.2 Å². The van der Waals surface area contributed by atoms with E-state index in [1.165, 1.54) is 0 Å². The Morgan fingerprint density at radius 3 is 2.36 bits per heavy atom. The maximum Gasteiger partial charge on any atom is 0.338 e. The lowest BCUT2D eigenvalue weighted by atomic mass is 10.1. The summed E-state index contributed by atoms with van der Waals surface area (Å²) in [4.78, 5) is 24.8.